The van der Waals surface area contributed by atoms with E-state index in [1.165, 1.54) is 19.3 Å². The van der Waals surface area contributed by atoms with Gasteiger partial charge in [0.25, 0.3) is 0 Å². The first-order valence-electron chi connectivity index (χ1n) is 5.93. The molecule has 6 heteroatoms. The van der Waals surface area contributed by atoms with E-state index in [0.717, 1.165) is 19.6 Å². The van der Waals surface area contributed by atoms with Crippen LogP contribution in [-0.2, 0) is 6.42 Å². The SMILES string of the molecule is O=C(O)c1[nH]c(=O)[nH]c1CCN1CCCCC1. The molecule has 1 aromatic rings. The lowest BCUT2D eigenvalue weighted by atomic mass is 10.1. The van der Waals surface area contributed by atoms with Crippen molar-refractivity contribution in [3.05, 3.63) is 21.9 Å². The van der Waals surface area contributed by atoms with E-state index < -0.39 is 11.7 Å². The number of H-pyrrole nitrogens is 2. The second-order valence-corrected chi connectivity index (χ2v) is 4.39. The average Bonchev–Trinajstić information content (AvgIpc) is 2.69. The van der Waals surface area contributed by atoms with E-state index in [9.17, 15) is 9.59 Å². The molecule has 1 aliphatic heterocycles. The van der Waals surface area contributed by atoms with Crippen LogP contribution in [0.5, 0.6) is 0 Å². The molecule has 0 radical (unpaired) electrons. The third-order valence-corrected chi connectivity index (χ3v) is 3.15. The Kier molecular flexibility index (Phi) is 3.63. The summed E-state index contributed by atoms with van der Waals surface area (Å²) in [5, 5.41) is 8.91. The van der Waals surface area contributed by atoms with Crippen LogP contribution in [-0.4, -0.2) is 45.6 Å². The first kappa shape index (κ1) is 11.9. The zero-order chi connectivity index (χ0) is 12.3. The summed E-state index contributed by atoms with van der Waals surface area (Å²) in [5.41, 5.74) is 0.0381. The van der Waals surface area contributed by atoms with Crippen molar-refractivity contribution in [2.24, 2.45) is 0 Å². The number of carbonyl (C=O) groups is 1. The topological polar surface area (TPSA) is 89.2 Å². The highest BCUT2D eigenvalue weighted by Gasteiger charge is 2.16. The molecule has 0 amide bonds. The van der Waals surface area contributed by atoms with E-state index in [1.807, 2.05) is 0 Å². The summed E-state index contributed by atoms with van der Waals surface area (Å²) in [4.78, 5) is 29.1. The van der Waals surface area contributed by atoms with Crippen LogP contribution in [0.25, 0.3) is 0 Å². The van der Waals surface area contributed by atoms with Gasteiger partial charge >= 0.3 is 11.7 Å². The third kappa shape index (κ3) is 2.97. The van der Waals surface area contributed by atoms with Crippen molar-refractivity contribution < 1.29 is 9.90 Å². The number of aromatic amines is 2. The van der Waals surface area contributed by atoms with Crippen LogP contribution in [0, 0.1) is 0 Å². The number of nitrogens with one attached hydrogen (secondary N) is 2. The van der Waals surface area contributed by atoms with Gasteiger partial charge in [-0.1, -0.05) is 6.42 Å². The van der Waals surface area contributed by atoms with Crippen molar-refractivity contribution in [1.82, 2.24) is 14.9 Å². The second-order valence-electron chi connectivity index (χ2n) is 4.39. The summed E-state index contributed by atoms with van der Waals surface area (Å²) in [6.07, 6.45) is 4.25. The zero-order valence-electron chi connectivity index (χ0n) is 9.66. The number of aromatic carboxylic acids is 1. The molecule has 6 nitrogen and oxygen atoms in total. The Hall–Kier alpha value is -1.56. The van der Waals surface area contributed by atoms with Crippen molar-refractivity contribution in [3.8, 4) is 0 Å². The smallest absolute Gasteiger partial charge is 0.354 e. The van der Waals surface area contributed by atoms with Crippen molar-refractivity contribution in [3.63, 3.8) is 0 Å². The van der Waals surface area contributed by atoms with Crippen LogP contribution < -0.4 is 5.69 Å². The highest BCUT2D eigenvalue weighted by molar-refractivity contribution is 5.86. The fourth-order valence-electron chi connectivity index (χ4n) is 2.24. The Morgan fingerprint density at radius 1 is 1.24 bits per heavy atom. The predicted octanol–water partition coefficient (Wildman–Crippen LogP) is 0.430. The maximum absolute atomic E-state index is 11.1. The van der Waals surface area contributed by atoms with Gasteiger partial charge in [0, 0.05) is 13.0 Å². The quantitative estimate of drug-likeness (QED) is 0.710. The van der Waals surface area contributed by atoms with Crippen molar-refractivity contribution in [1.29, 1.82) is 0 Å². The van der Waals surface area contributed by atoms with E-state index in [1.54, 1.807) is 0 Å². The number of aromatic nitrogens is 2. The fraction of sp³-hybridized carbons (Fsp3) is 0.636. The summed E-state index contributed by atoms with van der Waals surface area (Å²) < 4.78 is 0. The molecule has 0 spiro atoms. The largest absolute Gasteiger partial charge is 0.477 e. The van der Waals surface area contributed by atoms with Crippen LogP contribution in [0.15, 0.2) is 4.79 Å². The van der Waals surface area contributed by atoms with Gasteiger partial charge in [0.05, 0.1) is 5.69 Å². The molecule has 0 bridgehead atoms. The highest BCUT2D eigenvalue weighted by Crippen LogP contribution is 2.10. The molecular formula is C11H17N3O3. The molecule has 1 aromatic heterocycles. The first-order valence-corrected chi connectivity index (χ1v) is 5.93. The highest BCUT2D eigenvalue weighted by atomic mass is 16.4. The Morgan fingerprint density at radius 2 is 1.94 bits per heavy atom. The summed E-state index contributed by atoms with van der Waals surface area (Å²) in [6, 6.07) is 0. The lowest BCUT2D eigenvalue weighted by molar-refractivity contribution is 0.0689. The van der Waals surface area contributed by atoms with Crippen molar-refractivity contribution in [2.45, 2.75) is 25.7 Å². The van der Waals surface area contributed by atoms with Gasteiger partial charge in [0.2, 0.25) is 0 Å². The number of carboxylic acid groups (broad SMARTS) is 1. The standard InChI is InChI=1S/C11H17N3O3/c15-10(16)9-8(12-11(17)13-9)4-7-14-5-2-1-3-6-14/h1-7H2,(H,15,16)(H2,12,13,17). The first-order chi connectivity index (χ1) is 8.16. The zero-order valence-corrected chi connectivity index (χ0v) is 9.66. The van der Waals surface area contributed by atoms with E-state index in [0.29, 0.717) is 12.1 Å². The second kappa shape index (κ2) is 5.18. The van der Waals surface area contributed by atoms with Gasteiger partial charge in [0.1, 0.15) is 5.69 Å². The van der Waals surface area contributed by atoms with E-state index in [2.05, 4.69) is 14.9 Å². The van der Waals surface area contributed by atoms with Crippen LogP contribution in [0.4, 0.5) is 0 Å². The number of nitrogens with zero attached hydrogens (tertiary/aromatic N) is 1. The van der Waals surface area contributed by atoms with Crippen LogP contribution in [0.2, 0.25) is 0 Å². The summed E-state index contributed by atoms with van der Waals surface area (Å²) >= 11 is 0. The van der Waals surface area contributed by atoms with Gasteiger partial charge in [-0.2, -0.15) is 0 Å². The van der Waals surface area contributed by atoms with E-state index in [4.69, 9.17) is 5.11 Å². The van der Waals surface area contributed by atoms with Gasteiger partial charge < -0.3 is 15.0 Å². The number of rotatable bonds is 4. The predicted molar refractivity (Wildman–Crippen MR) is 62.4 cm³/mol. The molecule has 1 saturated heterocycles. The minimum atomic E-state index is -1.09. The molecule has 0 unspecified atom stereocenters. The molecule has 1 aliphatic rings. The monoisotopic (exact) mass is 239 g/mol. The Morgan fingerprint density at radius 3 is 2.59 bits per heavy atom. The molecule has 17 heavy (non-hydrogen) atoms. The molecular weight excluding hydrogens is 222 g/mol. The fourth-order valence-corrected chi connectivity index (χ4v) is 2.24. The average molecular weight is 239 g/mol. The van der Waals surface area contributed by atoms with Gasteiger partial charge in [-0.15, -0.1) is 0 Å². The number of hydrogen-bond acceptors (Lipinski definition) is 3. The van der Waals surface area contributed by atoms with E-state index in [-0.39, 0.29) is 5.69 Å². The Bertz CT molecular complexity index is 443. The minimum Gasteiger partial charge on any atom is -0.477 e. The number of carboxylic acids is 1. The summed E-state index contributed by atoms with van der Waals surface area (Å²) in [7, 11) is 0. The Labute approximate surface area is 98.7 Å². The van der Waals surface area contributed by atoms with E-state index >= 15 is 0 Å². The van der Waals surface area contributed by atoms with Gasteiger partial charge in [0.15, 0.2) is 0 Å². The molecule has 94 valence electrons. The molecule has 0 atom stereocenters. The summed E-state index contributed by atoms with van der Waals surface area (Å²) in [5.74, 6) is -1.09. The van der Waals surface area contributed by atoms with Crippen LogP contribution >= 0.6 is 0 Å². The number of hydrogen-bond donors (Lipinski definition) is 3. The van der Waals surface area contributed by atoms with Crippen LogP contribution in [0.3, 0.4) is 0 Å². The minimum absolute atomic E-state index is 0.00740. The number of imidazole rings is 1. The third-order valence-electron chi connectivity index (χ3n) is 3.15. The number of piperidine rings is 1. The maximum atomic E-state index is 11.1. The molecule has 0 aliphatic carbocycles. The molecule has 0 saturated carbocycles. The van der Waals surface area contributed by atoms with Gasteiger partial charge in [-0.05, 0) is 25.9 Å². The van der Waals surface area contributed by atoms with Gasteiger partial charge in [-0.25, -0.2) is 9.59 Å². The molecule has 2 rings (SSSR count). The lowest BCUT2D eigenvalue weighted by Gasteiger charge is -2.26. The maximum Gasteiger partial charge on any atom is 0.354 e. The normalized spacial score (nSPS) is 17.2. The van der Waals surface area contributed by atoms with Crippen molar-refractivity contribution in [2.75, 3.05) is 19.6 Å². The molecule has 0 aromatic carbocycles. The molecule has 1 fully saturated rings. The Balaban J connectivity index is 1.98. The lowest BCUT2D eigenvalue weighted by Crippen LogP contribution is -2.31. The number of likely N-dealkylation sites (tertiary alicyclic amines) is 1. The van der Waals surface area contributed by atoms with Crippen LogP contribution in [0.1, 0.15) is 35.4 Å². The molecule has 2 heterocycles. The van der Waals surface area contributed by atoms with Gasteiger partial charge in [-0.3, -0.25) is 4.98 Å². The molecule has 3 N–H and O–H groups in total. The van der Waals surface area contributed by atoms with Crippen molar-refractivity contribution >= 4 is 5.97 Å². The summed E-state index contributed by atoms with van der Waals surface area (Å²) in [6.45, 7) is 2.93.